The molecule has 0 radical (unpaired) electrons. The van der Waals surface area contributed by atoms with Gasteiger partial charge in [-0.05, 0) is 24.0 Å². The minimum atomic E-state index is -1.30. The molecule has 0 bridgehead atoms. The number of benzene rings is 1. The number of aliphatic hydroxyl groups is 1. The van der Waals surface area contributed by atoms with Crippen LogP contribution in [0.15, 0.2) is 18.2 Å². The highest BCUT2D eigenvalue weighted by Crippen LogP contribution is 2.02. The van der Waals surface area contributed by atoms with Crippen molar-refractivity contribution in [3.05, 3.63) is 29.8 Å². The monoisotopic (exact) mass is 216 g/mol. The van der Waals surface area contributed by atoms with E-state index in [1.165, 1.54) is 6.07 Å². The molecule has 0 saturated heterocycles. The zero-order chi connectivity index (χ0) is 11.3. The lowest BCUT2D eigenvalue weighted by atomic mass is 9.79. The van der Waals surface area contributed by atoms with E-state index in [0.29, 0.717) is 6.42 Å². The Morgan fingerprint density at radius 2 is 2.00 bits per heavy atom. The minimum absolute atomic E-state index is 0.0511. The molecule has 1 rings (SSSR count). The van der Waals surface area contributed by atoms with E-state index in [4.69, 9.17) is 9.76 Å². The molecule has 0 atom stereocenters. The molecule has 0 aliphatic rings. The molecule has 2 N–H and O–H groups in total. The smallest absolute Gasteiger partial charge is 0.423 e. The first-order valence-corrected chi connectivity index (χ1v) is 4.50. The Hall–Kier alpha value is -0.975. The standard InChI is InChI=1S/C9H11BF2O3/c11-8-3-2-7(6-9(8)12)10(14)15-5-1-4-13/h2-3,6,13-14H,1,4-5H2. The number of rotatable bonds is 5. The maximum atomic E-state index is 12.7. The second-order valence-electron chi connectivity index (χ2n) is 2.97. The molecular weight excluding hydrogens is 205 g/mol. The topological polar surface area (TPSA) is 49.7 Å². The van der Waals surface area contributed by atoms with Crippen molar-refractivity contribution < 1.29 is 23.6 Å². The van der Waals surface area contributed by atoms with E-state index in [-0.39, 0.29) is 18.7 Å². The summed E-state index contributed by atoms with van der Waals surface area (Å²) in [6, 6.07) is 3.03. The third-order valence-corrected chi connectivity index (χ3v) is 1.81. The van der Waals surface area contributed by atoms with Gasteiger partial charge in [0, 0.05) is 13.2 Å². The van der Waals surface area contributed by atoms with Crippen molar-refractivity contribution in [3.63, 3.8) is 0 Å². The van der Waals surface area contributed by atoms with Crippen molar-refractivity contribution in [1.29, 1.82) is 0 Å². The second kappa shape index (κ2) is 5.80. The van der Waals surface area contributed by atoms with Crippen LogP contribution in [-0.2, 0) is 4.65 Å². The van der Waals surface area contributed by atoms with Gasteiger partial charge < -0.3 is 14.8 Å². The fourth-order valence-corrected chi connectivity index (χ4v) is 1.02. The van der Waals surface area contributed by atoms with E-state index < -0.39 is 18.8 Å². The number of halogens is 2. The van der Waals surface area contributed by atoms with Gasteiger partial charge in [0.1, 0.15) is 0 Å². The van der Waals surface area contributed by atoms with Crippen LogP contribution in [0.1, 0.15) is 6.42 Å². The van der Waals surface area contributed by atoms with E-state index in [0.717, 1.165) is 12.1 Å². The van der Waals surface area contributed by atoms with Crippen LogP contribution in [0.3, 0.4) is 0 Å². The summed E-state index contributed by atoms with van der Waals surface area (Å²) in [5.41, 5.74) is 0.145. The van der Waals surface area contributed by atoms with Crippen LogP contribution in [-0.4, -0.2) is 30.5 Å². The van der Waals surface area contributed by atoms with Crippen LogP contribution in [0.2, 0.25) is 0 Å². The summed E-state index contributed by atoms with van der Waals surface area (Å²) >= 11 is 0. The van der Waals surface area contributed by atoms with Gasteiger partial charge in [0.25, 0.3) is 0 Å². The molecule has 0 aliphatic carbocycles. The number of hydrogen-bond acceptors (Lipinski definition) is 3. The van der Waals surface area contributed by atoms with Crippen LogP contribution in [0.25, 0.3) is 0 Å². The summed E-state index contributed by atoms with van der Waals surface area (Å²) in [5, 5.41) is 17.8. The molecule has 0 aromatic heterocycles. The summed E-state index contributed by atoms with van der Waals surface area (Å²) in [6.45, 7) is 0.0984. The normalized spacial score (nSPS) is 10.4. The van der Waals surface area contributed by atoms with Gasteiger partial charge in [-0.25, -0.2) is 8.78 Å². The lowest BCUT2D eigenvalue weighted by molar-refractivity contribution is 0.216. The van der Waals surface area contributed by atoms with Gasteiger partial charge in [-0.2, -0.15) is 0 Å². The van der Waals surface area contributed by atoms with E-state index in [9.17, 15) is 13.8 Å². The summed E-state index contributed by atoms with van der Waals surface area (Å²) in [5.74, 6) is -2.00. The van der Waals surface area contributed by atoms with Gasteiger partial charge in [0.05, 0.1) is 0 Å². The molecule has 1 aromatic carbocycles. The average Bonchev–Trinajstić information content (AvgIpc) is 2.22. The second-order valence-corrected chi connectivity index (χ2v) is 2.97. The van der Waals surface area contributed by atoms with Gasteiger partial charge >= 0.3 is 7.12 Å². The van der Waals surface area contributed by atoms with Gasteiger partial charge in [-0.15, -0.1) is 0 Å². The third kappa shape index (κ3) is 3.58. The highest BCUT2D eigenvalue weighted by atomic mass is 19.2. The highest BCUT2D eigenvalue weighted by molar-refractivity contribution is 6.59. The SMILES string of the molecule is OCCCOB(O)c1ccc(F)c(F)c1. The lowest BCUT2D eigenvalue weighted by Crippen LogP contribution is -2.34. The molecule has 0 fully saturated rings. The molecule has 0 saturated carbocycles. The zero-order valence-electron chi connectivity index (χ0n) is 7.99. The zero-order valence-corrected chi connectivity index (χ0v) is 7.99. The average molecular weight is 216 g/mol. The van der Waals surface area contributed by atoms with Crippen LogP contribution < -0.4 is 5.46 Å². The fourth-order valence-electron chi connectivity index (χ4n) is 1.02. The Morgan fingerprint density at radius 1 is 1.27 bits per heavy atom. The maximum absolute atomic E-state index is 12.7. The van der Waals surface area contributed by atoms with Gasteiger partial charge in [-0.3, -0.25) is 0 Å². The predicted octanol–water partition coefficient (Wildman–Crippen LogP) is 0.0513. The Morgan fingerprint density at radius 3 is 2.60 bits per heavy atom. The van der Waals surface area contributed by atoms with Crippen molar-refractivity contribution in [2.24, 2.45) is 0 Å². The first kappa shape index (κ1) is 12.1. The largest absolute Gasteiger partial charge is 0.491 e. The molecule has 0 aliphatic heterocycles. The first-order valence-electron chi connectivity index (χ1n) is 4.50. The maximum Gasteiger partial charge on any atom is 0.491 e. The molecule has 15 heavy (non-hydrogen) atoms. The quantitative estimate of drug-likeness (QED) is 0.540. The van der Waals surface area contributed by atoms with E-state index in [1.807, 2.05) is 0 Å². The van der Waals surface area contributed by atoms with Crippen LogP contribution in [0, 0.1) is 11.6 Å². The van der Waals surface area contributed by atoms with Crippen molar-refractivity contribution in [1.82, 2.24) is 0 Å². The minimum Gasteiger partial charge on any atom is -0.423 e. The summed E-state index contributed by atoms with van der Waals surface area (Å²) < 4.78 is 30.2. The highest BCUT2D eigenvalue weighted by Gasteiger charge is 2.17. The van der Waals surface area contributed by atoms with Gasteiger partial charge in [0.2, 0.25) is 0 Å². The Balaban J connectivity index is 2.57. The van der Waals surface area contributed by atoms with Crippen LogP contribution in [0.5, 0.6) is 0 Å². The molecule has 6 heteroatoms. The van der Waals surface area contributed by atoms with E-state index in [2.05, 4.69) is 0 Å². The molecule has 0 heterocycles. The fraction of sp³-hybridized carbons (Fsp3) is 0.333. The summed E-state index contributed by atoms with van der Waals surface area (Å²) in [4.78, 5) is 0. The predicted molar refractivity (Wildman–Crippen MR) is 51.6 cm³/mol. The molecule has 0 unspecified atom stereocenters. The Bertz CT molecular complexity index is 322. The molecule has 82 valence electrons. The van der Waals surface area contributed by atoms with Gasteiger partial charge in [-0.1, -0.05) is 6.07 Å². The van der Waals surface area contributed by atoms with Gasteiger partial charge in [0.15, 0.2) is 11.6 Å². The first-order chi connectivity index (χ1) is 7.15. The molecule has 0 spiro atoms. The summed E-state index contributed by atoms with van der Waals surface area (Å²) in [6.07, 6.45) is 0.376. The number of hydrogen-bond donors (Lipinski definition) is 2. The molecule has 1 aromatic rings. The van der Waals surface area contributed by atoms with E-state index in [1.54, 1.807) is 0 Å². The van der Waals surface area contributed by atoms with Crippen molar-refractivity contribution in [3.8, 4) is 0 Å². The molecule has 0 amide bonds. The van der Waals surface area contributed by atoms with E-state index >= 15 is 0 Å². The number of aliphatic hydroxyl groups excluding tert-OH is 1. The molecule has 3 nitrogen and oxygen atoms in total. The van der Waals surface area contributed by atoms with Crippen molar-refractivity contribution in [2.75, 3.05) is 13.2 Å². The van der Waals surface area contributed by atoms with Crippen LogP contribution >= 0.6 is 0 Å². The third-order valence-electron chi connectivity index (χ3n) is 1.81. The summed E-state index contributed by atoms with van der Waals surface area (Å²) in [7, 11) is -1.30. The Labute approximate surface area is 86.5 Å². The molecular formula is C9H11BF2O3. The Kier molecular flexibility index (Phi) is 4.67. The van der Waals surface area contributed by atoms with Crippen molar-refractivity contribution in [2.45, 2.75) is 6.42 Å². The van der Waals surface area contributed by atoms with Crippen molar-refractivity contribution >= 4 is 12.6 Å². The van der Waals surface area contributed by atoms with Crippen LogP contribution in [0.4, 0.5) is 8.78 Å². The lowest BCUT2D eigenvalue weighted by Gasteiger charge is -2.07.